The van der Waals surface area contributed by atoms with E-state index in [1.54, 1.807) is 13.2 Å². The molecule has 3 aromatic carbocycles. The SMILES string of the molecule is COc1ccc(-n2c(SCC(=O)N/N=C\c3ccccc3Cl)nnc2-c2ccccc2)cc1. The second kappa shape index (κ2) is 10.8. The van der Waals surface area contributed by atoms with Crippen LogP contribution >= 0.6 is 23.4 Å². The van der Waals surface area contributed by atoms with Crippen molar-refractivity contribution >= 4 is 35.5 Å². The van der Waals surface area contributed by atoms with Crippen molar-refractivity contribution in [3.63, 3.8) is 0 Å². The third-order valence-electron chi connectivity index (χ3n) is 4.63. The van der Waals surface area contributed by atoms with E-state index in [1.807, 2.05) is 77.4 Å². The van der Waals surface area contributed by atoms with E-state index >= 15 is 0 Å². The van der Waals surface area contributed by atoms with Crippen LogP contribution in [0.4, 0.5) is 0 Å². The number of hydrazone groups is 1. The minimum Gasteiger partial charge on any atom is -0.497 e. The Labute approximate surface area is 200 Å². The fourth-order valence-corrected chi connectivity index (χ4v) is 3.95. The summed E-state index contributed by atoms with van der Waals surface area (Å²) in [6.45, 7) is 0. The molecule has 0 spiro atoms. The minimum atomic E-state index is -0.270. The summed E-state index contributed by atoms with van der Waals surface area (Å²) in [7, 11) is 1.62. The number of carbonyl (C=O) groups is 1. The molecule has 1 N–H and O–H groups in total. The number of methoxy groups -OCH3 is 1. The van der Waals surface area contributed by atoms with Crippen molar-refractivity contribution in [2.24, 2.45) is 5.10 Å². The van der Waals surface area contributed by atoms with Gasteiger partial charge in [-0.3, -0.25) is 9.36 Å². The lowest BCUT2D eigenvalue weighted by Gasteiger charge is -2.11. The molecule has 0 saturated carbocycles. The summed E-state index contributed by atoms with van der Waals surface area (Å²) in [5.74, 6) is 1.27. The number of ether oxygens (including phenoxy) is 1. The molecule has 1 aromatic heterocycles. The van der Waals surface area contributed by atoms with E-state index in [2.05, 4.69) is 20.7 Å². The van der Waals surface area contributed by atoms with E-state index in [9.17, 15) is 4.79 Å². The Morgan fingerprint density at radius 2 is 1.79 bits per heavy atom. The van der Waals surface area contributed by atoms with Crippen LogP contribution in [0.5, 0.6) is 5.75 Å². The van der Waals surface area contributed by atoms with Crippen molar-refractivity contribution in [2.45, 2.75) is 5.16 Å². The number of nitrogens with one attached hydrogen (secondary N) is 1. The third-order valence-corrected chi connectivity index (χ3v) is 5.90. The number of thioether (sulfide) groups is 1. The van der Waals surface area contributed by atoms with Gasteiger partial charge in [-0.05, 0) is 30.3 Å². The first kappa shape index (κ1) is 22.6. The van der Waals surface area contributed by atoms with Gasteiger partial charge >= 0.3 is 0 Å². The van der Waals surface area contributed by atoms with Gasteiger partial charge in [-0.1, -0.05) is 71.9 Å². The molecule has 9 heteroatoms. The molecule has 0 saturated heterocycles. The van der Waals surface area contributed by atoms with Crippen LogP contribution in [-0.2, 0) is 4.79 Å². The number of nitrogens with zero attached hydrogens (tertiary/aromatic N) is 4. The van der Waals surface area contributed by atoms with E-state index < -0.39 is 0 Å². The van der Waals surface area contributed by atoms with Crippen molar-refractivity contribution in [1.29, 1.82) is 0 Å². The highest BCUT2D eigenvalue weighted by atomic mass is 35.5. The maximum atomic E-state index is 12.3. The van der Waals surface area contributed by atoms with Crippen molar-refractivity contribution in [1.82, 2.24) is 20.2 Å². The highest BCUT2D eigenvalue weighted by Crippen LogP contribution is 2.28. The van der Waals surface area contributed by atoms with Crippen LogP contribution in [0.2, 0.25) is 5.02 Å². The molecular weight excluding hydrogens is 458 g/mol. The van der Waals surface area contributed by atoms with Crippen molar-refractivity contribution in [3.05, 3.63) is 89.4 Å². The summed E-state index contributed by atoms with van der Waals surface area (Å²) in [5, 5.41) is 13.8. The number of rotatable bonds is 8. The van der Waals surface area contributed by atoms with Crippen molar-refractivity contribution in [2.75, 3.05) is 12.9 Å². The molecule has 1 heterocycles. The lowest BCUT2D eigenvalue weighted by Crippen LogP contribution is -2.20. The first-order chi connectivity index (χ1) is 16.2. The maximum Gasteiger partial charge on any atom is 0.250 e. The molecule has 0 unspecified atom stereocenters. The molecule has 0 aliphatic rings. The monoisotopic (exact) mass is 477 g/mol. The van der Waals surface area contributed by atoms with Crippen molar-refractivity contribution in [3.8, 4) is 22.8 Å². The van der Waals surface area contributed by atoms with E-state index in [-0.39, 0.29) is 11.7 Å². The van der Waals surface area contributed by atoms with E-state index in [4.69, 9.17) is 16.3 Å². The summed E-state index contributed by atoms with van der Waals surface area (Å²) >= 11 is 7.37. The Hall–Kier alpha value is -3.62. The number of halogens is 1. The predicted molar refractivity (Wildman–Crippen MR) is 131 cm³/mol. The van der Waals surface area contributed by atoms with E-state index in [0.717, 1.165) is 22.6 Å². The zero-order chi connectivity index (χ0) is 23.0. The molecular formula is C24H20ClN5O2S. The highest BCUT2D eigenvalue weighted by Gasteiger charge is 2.17. The molecule has 0 fully saturated rings. The van der Waals surface area contributed by atoms with Crippen LogP contribution in [0.25, 0.3) is 17.1 Å². The summed E-state index contributed by atoms with van der Waals surface area (Å²) in [5.41, 5.74) is 5.02. The molecule has 4 rings (SSSR count). The number of hydrogen-bond acceptors (Lipinski definition) is 6. The van der Waals surface area contributed by atoms with Crippen LogP contribution in [-0.4, -0.2) is 39.7 Å². The Bertz CT molecular complexity index is 1260. The number of amides is 1. The number of aromatic nitrogens is 3. The van der Waals surface area contributed by atoms with Crippen LogP contribution in [0.1, 0.15) is 5.56 Å². The van der Waals surface area contributed by atoms with E-state index in [1.165, 1.54) is 18.0 Å². The van der Waals surface area contributed by atoms with Gasteiger partial charge in [0, 0.05) is 21.8 Å². The molecule has 33 heavy (non-hydrogen) atoms. The van der Waals surface area contributed by atoms with Gasteiger partial charge < -0.3 is 4.74 Å². The van der Waals surface area contributed by atoms with Gasteiger partial charge in [-0.15, -0.1) is 10.2 Å². The van der Waals surface area contributed by atoms with E-state index in [0.29, 0.717) is 16.0 Å². The highest BCUT2D eigenvalue weighted by molar-refractivity contribution is 7.99. The topological polar surface area (TPSA) is 81.4 Å². The Morgan fingerprint density at radius 3 is 2.52 bits per heavy atom. The normalized spacial score (nSPS) is 11.0. The fourth-order valence-electron chi connectivity index (χ4n) is 3.02. The zero-order valence-corrected chi connectivity index (χ0v) is 19.3. The molecule has 0 radical (unpaired) electrons. The number of carbonyl (C=O) groups excluding carboxylic acids is 1. The first-order valence-electron chi connectivity index (χ1n) is 10.00. The Kier molecular flexibility index (Phi) is 7.39. The standard InChI is InChI=1S/C24H20ClN5O2S/c1-32-20-13-11-19(12-14-20)30-23(17-7-3-2-4-8-17)28-29-24(30)33-16-22(31)27-26-15-18-9-5-6-10-21(18)25/h2-15H,16H2,1H3,(H,27,31)/b26-15-. The minimum absolute atomic E-state index is 0.114. The van der Waals surface area contributed by atoms with Gasteiger partial charge in [0.1, 0.15) is 5.75 Å². The van der Waals surface area contributed by atoms with Crippen LogP contribution in [0, 0.1) is 0 Å². The first-order valence-corrected chi connectivity index (χ1v) is 11.4. The lowest BCUT2D eigenvalue weighted by atomic mass is 10.2. The third kappa shape index (κ3) is 5.60. The smallest absolute Gasteiger partial charge is 0.250 e. The molecule has 0 aliphatic heterocycles. The maximum absolute atomic E-state index is 12.3. The summed E-state index contributed by atoms with van der Waals surface area (Å²) < 4.78 is 7.18. The van der Waals surface area contributed by atoms with Gasteiger partial charge in [0.2, 0.25) is 0 Å². The Morgan fingerprint density at radius 1 is 1.06 bits per heavy atom. The number of hydrogen-bond donors (Lipinski definition) is 1. The molecule has 0 atom stereocenters. The van der Waals surface area contributed by atoms with Gasteiger partial charge in [-0.2, -0.15) is 5.10 Å². The molecule has 0 bridgehead atoms. The second-order valence-electron chi connectivity index (χ2n) is 6.81. The fraction of sp³-hybridized carbons (Fsp3) is 0.0833. The molecule has 0 aliphatic carbocycles. The van der Waals surface area contributed by atoms with Gasteiger partial charge in [0.25, 0.3) is 5.91 Å². The molecule has 166 valence electrons. The second-order valence-corrected chi connectivity index (χ2v) is 8.16. The quantitative estimate of drug-likeness (QED) is 0.223. The Balaban J connectivity index is 1.51. The number of benzene rings is 3. The van der Waals surface area contributed by atoms with Crippen LogP contribution < -0.4 is 10.2 Å². The predicted octanol–water partition coefficient (Wildman–Crippen LogP) is 4.84. The van der Waals surface area contributed by atoms with Crippen molar-refractivity contribution < 1.29 is 9.53 Å². The average Bonchev–Trinajstić information content (AvgIpc) is 3.28. The zero-order valence-electron chi connectivity index (χ0n) is 17.7. The largest absolute Gasteiger partial charge is 0.497 e. The summed E-state index contributed by atoms with van der Waals surface area (Å²) in [6.07, 6.45) is 1.51. The van der Waals surface area contributed by atoms with Gasteiger partial charge in [0.15, 0.2) is 11.0 Å². The van der Waals surface area contributed by atoms with Crippen LogP contribution in [0.3, 0.4) is 0 Å². The summed E-state index contributed by atoms with van der Waals surface area (Å²) in [6, 6.07) is 24.6. The van der Waals surface area contributed by atoms with Gasteiger partial charge in [0.05, 0.1) is 19.1 Å². The lowest BCUT2D eigenvalue weighted by molar-refractivity contribution is -0.118. The van der Waals surface area contributed by atoms with Crippen LogP contribution in [0.15, 0.2) is 89.1 Å². The van der Waals surface area contributed by atoms with Gasteiger partial charge in [-0.25, -0.2) is 5.43 Å². The summed E-state index contributed by atoms with van der Waals surface area (Å²) in [4.78, 5) is 12.3. The molecule has 1 amide bonds. The molecule has 4 aromatic rings. The average molecular weight is 478 g/mol. The molecule has 7 nitrogen and oxygen atoms in total.